The Morgan fingerprint density at radius 1 is 0.769 bits per heavy atom. The van der Waals surface area contributed by atoms with E-state index in [9.17, 15) is 14.4 Å². The van der Waals surface area contributed by atoms with Crippen molar-refractivity contribution < 1.29 is 28.6 Å². The standard InChI is InChI=1S/C20H18O6/c1-13(21)24-11-12-25-19(23)20(26-14(2)22)17-9-5-3-7-15(17)16-8-4-6-10-18(16)20/h3-10H,11-12H2,1-2H3. The third-order valence-corrected chi connectivity index (χ3v) is 4.11. The fourth-order valence-electron chi connectivity index (χ4n) is 3.20. The Hall–Kier alpha value is -3.15. The Morgan fingerprint density at radius 3 is 1.77 bits per heavy atom. The lowest BCUT2D eigenvalue weighted by molar-refractivity contribution is -0.178. The lowest BCUT2D eigenvalue weighted by Gasteiger charge is -2.28. The van der Waals surface area contributed by atoms with Crippen LogP contribution in [0, 0.1) is 0 Å². The van der Waals surface area contributed by atoms with E-state index in [0.717, 1.165) is 11.1 Å². The summed E-state index contributed by atoms with van der Waals surface area (Å²) in [6.45, 7) is 2.31. The predicted octanol–water partition coefficient (Wildman–Crippen LogP) is 2.58. The summed E-state index contributed by atoms with van der Waals surface area (Å²) < 4.78 is 15.7. The summed E-state index contributed by atoms with van der Waals surface area (Å²) in [6, 6.07) is 14.5. The molecule has 0 radical (unpaired) electrons. The molecule has 1 aliphatic carbocycles. The van der Waals surface area contributed by atoms with Crippen molar-refractivity contribution in [2.75, 3.05) is 13.2 Å². The second-order valence-electron chi connectivity index (χ2n) is 5.84. The highest BCUT2D eigenvalue weighted by atomic mass is 16.6. The molecule has 0 spiro atoms. The summed E-state index contributed by atoms with van der Waals surface area (Å²) in [4.78, 5) is 35.7. The van der Waals surface area contributed by atoms with Crippen molar-refractivity contribution in [2.45, 2.75) is 19.4 Å². The maximum atomic E-state index is 13.0. The number of hydrogen-bond donors (Lipinski definition) is 0. The molecule has 0 aliphatic heterocycles. The van der Waals surface area contributed by atoms with Crippen molar-refractivity contribution in [1.29, 1.82) is 0 Å². The van der Waals surface area contributed by atoms with E-state index in [0.29, 0.717) is 11.1 Å². The molecule has 0 saturated heterocycles. The fraction of sp³-hybridized carbons (Fsp3) is 0.250. The van der Waals surface area contributed by atoms with E-state index in [4.69, 9.17) is 14.2 Å². The highest BCUT2D eigenvalue weighted by molar-refractivity contribution is 5.98. The largest absolute Gasteiger partial charge is 0.462 e. The Balaban J connectivity index is 2.03. The minimum atomic E-state index is -1.67. The van der Waals surface area contributed by atoms with Gasteiger partial charge in [0.25, 0.3) is 5.60 Å². The molecule has 0 aromatic heterocycles. The summed E-state index contributed by atoms with van der Waals surface area (Å²) in [6.07, 6.45) is 0. The van der Waals surface area contributed by atoms with Crippen LogP contribution in [0.3, 0.4) is 0 Å². The average Bonchev–Trinajstić information content (AvgIpc) is 2.90. The molecule has 2 aromatic rings. The highest BCUT2D eigenvalue weighted by Gasteiger charge is 2.53. The lowest BCUT2D eigenvalue weighted by atomic mass is 9.91. The van der Waals surface area contributed by atoms with Gasteiger partial charge in [0.2, 0.25) is 0 Å². The molecule has 0 fully saturated rings. The normalized spacial score (nSPS) is 13.3. The molecule has 0 N–H and O–H groups in total. The van der Waals surface area contributed by atoms with Crippen LogP contribution >= 0.6 is 0 Å². The Kier molecular flexibility index (Phi) is 4.75. The molecular formula is C20H18O6. The first-order chi connectivity index (χ1) is 12.5. The molecule has 0 amide bonds. The summed E-state index contributed by atoms with van der Waals surface area (Å²) in [7, 11) is 0. The van der Waals surface area contributed by atoms with E-state index < -0.39 is 23.5 Å². The smallest absolute Gasteiger partial charge is 0.360 e. The minimum Gasteiger partial charge on any atom is -0.462 e. The van der Waals surface area contributed by atoms with Gasteiger partial charge >= 0.3 is 17.9 Å². The number of fused-ring (bicyclic) bond motifs is 3. The number of rotatable bonds is 5. The van der Waals surface area contributed by atoms with Gasteiger partial charge in [0.1, 0.15) is 13.2 Å². The van der Waals surface area contributed by atoms with Gasteiger partial charge in [0.05, 0.1) is 0 Å². The van der Waals surface area contributed by atoms with Crippen LogP contribution in [-0.2, 0) is 34.2 Å². The number of benzene rings is 2. The van der Waals surface area contributed by atoms with Gasteiger partial charge in [-0.3, -0.25) is 9.59 Å². The van der Waals surface area contributed by atoms with Crippen molar-refractivity contribution in [1.82, 2.24) is 0 Å². The van der Waals surface area contributed by atoms with Gasteiger partial charge in [-0.15, -0.1) is 0 Å². The zero-order chi connectivity index (χ0) is 18.7. The van der Waals surface area contributed by atoms with Gasteiger partial charge in [-0.2, -0.15) is 0 Å². The number of hydrogen-bond acceptors (Lipinski definition) is 6. The predicted molar refractivity (Wildman–Crippen MR) is 92.0 cm³/mol. The first-order valence-corrected chi connectivity index (χ1v) is 8.16. The number of ether oxygens (including phenoxy) is 3. The van der Waals surface area contributed by atoms with E-state index in [2.05, 4.69) is 0 Å². The van der Waals surface area contributed by atoms with Crippen molar-refractivity contribution in [3.8, 4) is 11.1 Å². The third-order valence-electron chi connectivity index (χ3n) is 4.11. The fourth-order valence-corrected chi connectivity index (χ4v) is 3.20. The molecule has 0 saturated carbocycles. The zero-order valence-corrected chi connectivity index (χ0v) is 14.5. The van der Waals surface area contributed by atoms with Crippen molar-refractivity contribution in [3.05, 3.63) is 59.7 Å². The monoisotopic (exact) mass is 354 g/mol. The molecule has 0 bridgehead atoms. The zero-order valence-electron chi connectivity index (χ0n) is 14.5. The van der Waals surface area contributed by atoms with Crippen LogP contribution in [0.1, 0.15) is 25.0 Å². The number of carbonyl (C=O) groups is 3. The van der Waals surface area contributed by atoms with Crippen LogP contribution in [-0.4, -0.2) is 31.1 Å². The SMILES string of the molecule is CC(=O)OCCOC(=O)C1(OC(C)=O)c2ccccc2-c2ccccc21. The summed E-state index contributed by atoms with van der Waals surface area (Å²) in [5.41, 5.74) is 1.04. The molecule has 1 aliphatic rings. The highest BCUT2D eigenvalue weighted by Crippen LogP contribution is 2.50. The minimum absolute atomic E-state index is 0.0689. The van der Waals surface area contributed by atoms with Crippen molar-refractivity contribution >= 4 is 17.9 Å². The lowest BCUT2D eigenvalue weighted by Crippen LogP contribution is -2.41. The van der Waals surface area contributed by atoms with Crippen LogP contribution in [0.5, 0.6) is 0 Å². The van der Waals surface area contributed by atoms with E-state index in [-0.39, 0.29) is 13.2 Å². The molecule has 134 valence electrons. The number of carbonyl (C=O) groups excluding carboxylic acids is 3. The van der Waals surface area contributed by atoms with E-state index in [1.807, 2.05) is 24.3 Å². The van der Waals surface area contributed by atoms with Gasteiger partial charge in [-0.1, -0.05) is 48.5 Å². The first-order valence-electron chi connectivity index (χ1n) is 8.16. The first kappa shape index (κ1) is 17.7. The molecule has 6 nitrogen and oxygen atoms in total. The Bertz CT molecular complexity index is 825. The van der Waals surface area contributed by atoms with Crippen LogP contribution in [0.25, 0.3) is 11.1 Å². The Labute approximate surface area is 150 Å². The van der Waals surface area contributed by atoms with Gasteiger partial charge in [0, 0.05) is 25.0 Å². The average molecular weight is 354 g/mol. The molecule has 3 rings (SSSR count). The van der Waals surface area contributed by atoms with Crippen LogP contribution in [0.2, 0.25) is 0 Å². The van der Waals surface area contributed by atoms with Gasteiger partial charge in [-0.25, -0.2) is 4.79 Å². The van der Waals surface area contributed by atoms with Crippen LogP contribution in [0.4, 0.5) is 0 Å². The molecule has 26 heavy (non-hydrogen) atoms. The van der Waals surface area contributed by atoms with E-state index in [1.54, 1.807) is 24.3 Å². The molecule has 0 unspecified atom stereocenters. The van der Waals surface area contributed by atoms with E-state index in [1.165, 1.54) is 13.8 Å². The molecule has 0 heterocycles. The number of esters is 3. The van der Waals surface area contributed by atoms with Gasteiger partial charge < -0.3 is 14.2 Å². The van der Waals surface area contributed by atoms with E-state index >= 15 is 0 Å². The second kappa shape index (κ2) is 7.00. The van der Waals surface area contributed by atoms with Crippen LogP contribution < -0.4 is 0 Å². The van der Waals surface area contributed by atoms with Gasteiger partial charge in [-0.05, 0) is 11.1 Å². The Morgan fingerprint density at radius 2 is 1.27 bits per heavy atom. The summed E-state index contributed by atoms with van der Waals surface area (Å²) in [5.74, 6) is -1.79. The van der Waals surface area contributed by atoms with Gasteiger partial charge in [0.15, 0.2) is 0 Å². The summed E-state index contributed by atoms with van der Waals surface area (Å²) >= 11 is 0. The van der Waals surface area contributed by atoms with Crippen molar-refractivity contribution in [3.63, 3.8) is 0 Å². The summed E-state index contributed by atoms with van der Waals surface area (Å²) in [5, 5.41) is 0. The molecule has 6 heteroatoms. The molecule has 2 aromatic carbocycles. The maximum Gasteiger partial charge on any atom is 0.360 e. The maximum absolute atomic E-state index is 13.0. The van der Waals surface area contributed by atoms with Crippen LogP contribution in [0.15, 0.2) is 48.5 Å². The quantitative estimate of drug-likeness (QED) is 0.466. The van der Waals surface area contributed by atoms with Crippen molar-refractivity contribution in [2.24, 2.45) is 0 Å². The second-order valence-corrected chi connectivity index (χ2v) is 5.84. The molecular weight excluding hydrogens is 336 g/mol. The molecule has 0 atom stereocenters. The topological polar surface area (TPSA) is 78.9 Å². The third kappa shape index (κ3) is 2.94.